The van der Waals surface area contributed by atoms with Gasteiger partial charge in [0.05, 0.1) is 12.2 Å². The summed E-state index contributed by atoms with van der Waals surface area (Å²) in [6.45, 7) is 4.65. The van der Waals surface area contributed by atoms with Crippen LogP contribution in [0.1, 0.15) is 30.6 Å². The summed E-state index contributed by atoms with van der Waals surface area (Å²) < 4.78 is 16.3. The number of ether oxygens (including phenoxy) is 1. The van der Waals surface area contributed by atoms with Crippen LogP contribution in [-0.2, 0) is 15.5 Å². The van der Waals surface area contributed by atoms with Gasteiger partial charge in [0.15, 0.2) is 0 Å². The Morgan fingerprint density at radius 3 is 2.80 bits per heavy atom. The first-order valence-electron chi connectivity index (χ1n) is 6.58. The molecule has 0 radical (unpaired) electrons. The molecule has 0 aliphatic carbocycles. The Morgan fingerprint density at radius 2 is 2.20 bits per heavy atom. The fraction of sp³-hybridized carbons (Fsp3) is 0.500. The zero-order valence-electron chi connectivity index (χ0n) is 12.1. The van der Waals surface area contributed by atoms with Crippen molar-refractivity contribution < 1.29 is 13.7 Å². The molecule has 0 aromatic heterocycles. The third-order valence-electron chi connectivity index (χ3n) is 2.97. The minimum atomic E-state index is -0.841. The largest absolute Gasteiger partial charge is 0.462 e. The van der Waals surface area contributed by atoms with E-state index >= 15 is 0 Å². The molecule has 5 nitrogen and oxygen atoms in total. The van der Waals surface area contributed by atoms with E-state index in [1.165, 1.54) is 0 Å². The van der Waals surface area contributed by atoms with Gasteiger partial charge in [0.25, 0.3) is 0 Å². The summed E-state index contributed by atoms with van der Waals surface area (Å²) in [6, 6.07) is 5.09. The van der Waals surface area contributed by atoms with Crippen molar-refractivity contribution in [2.45, 2.75) is 25.5 Å². The molecule has 1 aromatic carbocycles. The summed E-state index contributed by atoms with van der Waals surface area (Å²) in [6.07, 6.45) is 2.45. The van der Waals surface area contributed by atoms with E-state index in [1.807, 2.05) is 6.92 Å². The molecule has 1 aromatic rings. The van der Waals surface area contributed by atoms with Crippen LogP contribution in [-0.4, -0.2) is 34.8 Å². The maximum absolute atomic E-state index is 11.9. The maximum atomic E-state index is 11.9. The van der Waals surface area contributed by atoms with Crippen LogP contribution in [0, 0.1) is 0 Å². The van der Waals surface area contributed by atoms with E-state index in [-0.39, 0.29) is 5.25 Å². The van der Waals surface area contributed by atoms with Crippen LogP contribution in [0.25, 0.3) is 0 Å². The molecule has 112 valence electrons. The molecule has 0 spiro atoms. The summed E-state index contributed by atoms with van der Waals surface area (Å²) in [4.78, 5) is 11.9. The fourth-order valence-electron chi connectivity index (χ4n) is 1.67. The second kappa shape index (κ2) is 7.89. The summed E-state index contributed by atoms with van der Waals surface area (Å²) in [5, 5.41) is 3.29. The lowest BCUT2D eigenvalue weighted by Crippen LogP contribution is -2.16. The van der Waals surface area contributed by atoms with E-state index < -0.39 is 16.8 Å². The van der Waals surface area contributed by atoms with Crippen molar-refractivity contribution in [2.75, 3.05) is 30.5 Å². The van der Waals surface area contributed by atoms with Crippen LogP contribution >= 0.6 is 0 Å². The van der Waals surface area contributed by atoms with Gasteiger partial charge in [0.1, 0.15) is 0 Å². The molecule has 0 heterocycles. The molecule has 1 rings (SSSR count). The van der Waals surface area contributed by atoms with Gasteiger partial charge >= 0.3 is 5.97 Å². The second-order valence-electron chi connectivity index (χ2n) is 4.55. The Morgan fingerprint density at radius 1 is 1.50 bits per heavy atom. The molecule has 0 bridgehead atoms. The summed E-state index contributed by atoms with van der Waals surface area (Å²) in [7, 11) is -0.841. The minimum Gasteiger partial charge on any atom is -0.462 e. The molecule has 20 heavy (non-hydrogen) atoms. The third-order valence-corrected chi connectivity index (χ3v) is 4.34. The lowest BCUT2D eigenvalue weighted by atomic mass is 10.1. The number of nitrogens with one attached hydrogen (secondary N) is 1. The van der Waals surface area contributed by atoms with E-state index in [0.29, 0.717) is 30.1 Å². The first-order chi connectivity index (χ1) is 9.45. The van der Waals surface area contributed by atoms with Crippen LogP contribution in [0.4, 0.5) is 11.4 Å². The van der Waals surface area contributed by atoms with Gasteiger partial charge in [0.2, 0.25) is 0 Å². The molecule has 3 N–H and O–H groups in total. The highest BCUT2D eigenvalue weighted by atomic mass is 32.2. The van der Waals surface area contributed by atoms with E-state index in [0.717, 1.165) is 6.42 Å². The highest BCUT2D eigenvalue weighted by Crippen LogP contribution is 2.20. The average molecular weight is 298 g/mol. The Hall–Kier alpha value is -1.56. The van der Waals surface area contributed by atoms with Crippen molar-refractivity contribution in [3.8, 4) is 0 Å². The number of nitrogen functional groups attached to an aromatic ring is 1. The van der Waals surface area contributed by atoms with Crippen LogP contribution in [0.2, 0.25) is 0 Å². The Labute approximate surface area is 122 Å². The Bertz CT molecular complexity index is 491. The molecule has 0 saturated heterocycles. The van der Waals surface area contributed by atoms with Gasteiger partial charge in [-0.2, -0.15) is 0 Å². The monoisotopic (exact) mass is 298 g/mol. The Kier molecular flexibility index (Phi) is 6.51. The molecule has 0 aliphatic heterocycles. The van der Waals surface area contributed by atoms with E-state index in [2.05, 4.69) is 5.32 Å². The van der Waals surface area contributed by atoms with Crippen LogP contribution < -0.4 is 11.1 Å². The molecular formula is C14H22N2O3S. The Balaban J connectivity index is 2.74. The summed E-state index contributed by atoms with van der Waals surface area (Å²) in [5.74, 6) is -0.394. The zero-order chi connectivity index (χ0) is 15.1. The highest BCUT2D eigenvalue weighted by molar-refractivity contribution is 7.84. The topological polar surface area (TPSA) is 81.4 Å². The summed E-state index contributed by atoms with van der Waals surface area (Å²) >= 11 is 0. The molecule has 0 amide bonds. The lowest BCUT2D eigenvalue weighted by Gasteiger charge is -2.13. The van der Waals surface area contributed by atoms with Crippen molar-refractivity contribution in [3.05, 3.63) is 23.8 Å². The van der Waals surface area contributed by atoms with E-state index in [4.69, 9.17) is 10.5 Å². The van der Waals surface area contributed by atoms with Crippen molar-refractivity contribution in [1.29, 1.82) is 0 Å². The predicted molar refractivity (Wildman–Crippen MR) is 83.4 cm³/mol. The standard InChI is InChI=1S/C14H22N2O3S/c1-4-19-14(17)12-9-11(15)5-6-13(12)16-8-7-10(2)20(3)18/h5-6,9-10,16H,4,7-8,15H2,1-3H3. The van der Waals surface area contributed by atoms with E-state index in [9.17, 15) is 9.00 Å². The normalized spacial score (nSPS) is 13.6. The first kappa shape index (κ1) is 16.5. The molecular weight excluding hydrogens is 276 g/mol. The molecule has 2 unspecified atom stereocenters. The number of nitrogens with two attached hydrogens (primary N) is 1. The van der Waals surface area contributed by atoms with Crippen LogP contribution in [0.5, 0.6) is 0 Å². The van der Waals surface area contributed by atoms with Gasteiger partial charge < -0.3 is 15.8 Å². The number of rotatable bonds is 7. The van der Waals surface area contributed by atoms with Gasteiger partial charge in [-0.15, -0.1) is 0 Å². The molecule has 0 saturated carbocycles. The van der Waals surface area contributed by atoms with Crippen molar-refractivity contribution in [1.82, 2.24) is 0 Å². The van der Waals surface area contributed by atoms with E-state index in [1.54, 1.807) is 31.4 Å². The predicted octanol–water partition coefficient (Wildman–Crippen LogP) is 2.01. The summed E-state index contributed by atoms with van der Waals surface area (Å²) in [5.41, 5.74) is 7.33. The number of esters is 1. The highest BCUT2D eigenvalue weighted by Gasteiger charge is 2.13. The quantitative estimate of drug-likeness (QED) is 0.594. The number of anilines is 2. The minimum absolute atomic E-state index is 0.113. The van der Waals surface area contributed by atoms with Crippen molar-refractivity contribution >= 4 is 28.1 Å². The van der Waals surface area contributed by atoms with Gasteiger partial charge in [0, 0.05) is 40.2 Å². The zero-order valence-corrected chi connectivity index (χ0v) is 13.0. The molecule has 0 aliphatic rings. The van der Waals surface area contributed by atoms with Gasteiger partial charge in [-0.1, -0.05) is 6.92 Å². The van der Waals surface area contributed by atoms with Crippen LogP contribution in [0.3, 0.4) is 0 Å². The van der Waals surface area contributed by atoms with Crippen molar-refractivity contribution in [2.24, 2.45) is 0 Å². The third kappa shape index (κ3) is 4.85. The van der Waals surface area contributed by atoms with Gasteiger partial charge in [-0.05, 0) is 31.5 Å². The first-order valence-corrected chi connectivity index (χ1v) is 8.20. The second-order valence-corrected chi connectivity index (χ2v) is 6.35. The maximum Gasteiger partial charge on any atom is 0.340 e. The number of hydrogen-bond acceptors (Lipinski definition) is 5. The average Bonchev–Trinajstić information content (AvgIpc) is 2.40. The van der Waals surface area contributed by atoms with Crippen LogP contribution in [0.15, 0.2) is 18.2 Å². The fourth-order valence-corrected chi connectivity index (χ4v) is 2.12. The SMILES string of the molecule is CCOC(=O)c1cc(N)ccc1NCCC(C)S(C)=O. The number of carbonyl (C=O) groups excluding carboxylic acids is 1. The number of benzene rings is 1. The van der Waals surface area contributed by atoms with Gasteiger partial charge in [-0.3, -0.25) is 4.21 Å². The smallest absolute Gasteiger partial charge is 0.340 e. The number of hydrogen-bond donors (Lipinski definition) is 2. The lowest BCUT2D eigenvalue weighted by molar-refractivity contribution is 0.0527. The molecule has 6 heteroatoms. The van der Waals surface area contributed by atoms with Gasteiger partial charge in [-0.25, -0.2) is 4.79 Å². The number of carbonyl (C=O) groups is 1. The molecule has 2 atom stereocenters. The van der Waals surface area contributed by atoms with Crippen molar-refractivity contribution in [3.63, 3.8) is 0 Å². The molecule has 0 fully saturated rings.